The number of nitrogens with zero attached hydrogens (tertiary/aromatic N) is 3. The first-order valence-electron chi connectivity index (χ1n) is 9.34. The van der Waals surface area contributed by atoms with Crippen molar-refractivity contribution in [1.82, 2.24) is 19.9 Å². The summed E-state index contributed by atoms with van der Waals surface area (Å²) < 4.78 is 2.71. The first kappa shape index (κ1) is 20.1. The van der Waals surface area contributed by atoms with Crippen LogP contribution in [0, 0.1) is 20.8 Å². The molecular weight excluding hydrogens is 380 g/mol. The molecule has 0 bridgehead atoms. The van der Waals surface area contributed by atoms with Gasteiger partial charge in [0.1, 0.15) is 4.34 Å². The first-order valence-corrected chi connectivity index (χ1v) is 11.1. The van der Waals surface area contributed by atoms with Gasteiger partial charge in [-0.3, -0.25) is 9.36 Å². The van der Waals surface area contributed by atoms with Crippen LogP contribution in [-0.2, 0) is 11.3 Å². The number of aromatic nitrogens is 3. The van der Waals surface area contributed by atoms with Crippen LogP contribution in [-0.4, -0.2) is 31.7 Å². The van der Waals surface area contributed by atoms with Crippen molar-refractivity contribution in [2.24, 2.45) is 0 Å². The van der Waals surface area contributed by atoms with E-state index in [1.54, 1.807) is 22.8 Å². The number of aryl methyl sites for hydroxylation is 3. The summed E-state index contributed by atoms with van der Waals surface area (Å²) in [6, 6.07) is 2.10. The zero-order valence-corrected chi connectivity index (χ0v) is 17.7. The molecule has 0 saturated heterocycles. The van der Waals surface area contributed by atoms with Gasteiger partial charge in [0.15, 0.2) is 0 Å². The lowest BCUT2D eigenvalue weighted by atomic mass is 9.95. The van der Waals surface area contributed by atoms with Crippen molar-refractivity contribution in [3.8, 4) is 0 Å². The van der Waals surface area contributed by atoms with Crippen molar-refractivity contribution in [2.75, 3.05) is 0 Å². The molecule has 1 aliphatic carbocycles. The molecule has 146 valence electrons. The van der Waals surface area contributed by atoms with Gasteiger partial charge in [0, 0.05) is 46.7 Å². The number of thiazole rings is 1. The van der Waals surface area contributed by atoms with E-state index in [2.05, 4.69) is 20.7 Å². The molecule has 0 spiro atoms. The summed E-state index contributed by atoms with van der Waals surface area (Å²) in [5.41, 5.74) is 2.35. The topological polar surface area (TPSA) is 76.9 Å². The molecule has 1 saturated carbocycles. The average molecular weight is 407 g/mol. The number of nitrogens with one attached hydrogen (secondary N) is 1. The van der Waals surface area contributed by atoms with Gasteiger partial charge in [-0.15, -0.1) is 11.3 Å². The number of amides is 1. The molecule has 6 nitrogen and oxygen atoms in total. The third kappa shape index (κ3) is 5.65. The Kier molecular flexibility index (Phi) is 6.70. The maximum Gasteiger partial charge on any atom is 0.347 e. The molecule has 2 aromatic rings. The summed E-state index contributed by atoms with van der Waals surface area (Å²) in [6.45, 7) is 6.07. The zero-order valence-electron chi connectivity index (χ0n) is 16.0. The van der Waals surface area contributed by atoms with E-state index in [1.807, 2.05) is 31.7 Å². The van der Waals surface area contributed by atoms with E-state index >= 15 is 0 Å². The Morgan fingerprint density at radius 3 is 2.59 bits per heavy atom. The monoisotopic (exact) mass is 406 g/mol. The van der Waals surface area contributed by atoms with Gasteiger partial charge >= 0.3 is 5.69 Å². The summed E-state index contributed by atoms with van der Waals surface area (Å²) >= 11 is 3.58. The molecular formula is C19H26N4O2S2. The van der Waals surface area contributed by atoms with E-state index in [4.69, 9.17) is 0 Å². The molecule has 0 radical (unpaired) electrons. The number of hydrogen-bond donors (Lipinski definition) is 1. The predicted octanol–water partition coefficient (Wildman–Crippen LogP) is 3.23. The molecule has 27 heavy (non-hydrogen) atoms. The fourth-order valence-corrected chi connectivity index (χ4v) is 5.70. The van der Waals surface area contributed by atoms with Crippen molar-refractivity contribution in [3.05, 3.63) is 39.0 Å². The molecule has 1 N–H and O–H groups in total. The summed E-state index contributed by atoms with van der Waals surface area (Å²) in [4.78, 5) is 32.7. The van der Waals surface area contributed by atoms with Gasteiger partial charge < -0.3 is 5.32 Å². The second kappa shape index (κ2) is 9.01. The van der Waals surface area contributed by atoms with Gasteiger partial charge in [-0.2, -0.15) is 4.98 Å². The summed E-state index contributed by atoms with van der Waals surface area (Å²) in [6.07, 6.45) is 4.49. The van der Waals surface area contributed by atoms with E-state index in [1.165, 1.54) is 0 Å². The number of carbonyl (C=O) groups excluding carboxylic acids is 1. The Morgan fingerprint density at radius 2 is 1.96 bits per heavy atom. The molecule has 1 fully saturated rings. The molecule has 8 heteroatoms. The lowest BCUT2D eigenvalue weighted by Crippen LogP contribution is -2.39. The minimum absolute atomic E-state index is 0.00789. The van der Waals surface area contributed by atoms with E-state index in [-0.39, 0.29) is 17.6 Å². The van der Waals surface area contributed by atoms with Gasteiger partial charge in [-0.1, -0.05) is 11.8 Å². The number of hydrogen-bond acceptors (Lipinski definition) is 6. The van der Waals surface area contributed by atoms with E-state index in [9.17, 15) is 9.59 Å². The fourth-order valence-electron chi connectivity index (χ4n) is 3.41. The molecule has 0 aromatic carbocycles. The molecule has 3 rings (SSSR count). The lowest BCUT2D eigenvalue weighted by molar-refractivity contribution is -0.122. The number of rotatable bonds is 6. The number of thioether (sulfide) groups is 1. The van der Waals surface area contributed by atoms with Crippen LogP contribution in [0.4, 0.5) is 0 Å². The molecule has 1 aliphatic rings. The van der Waals surface area contributed by atoms with Crippen LogP contribution in [0.2, 0.25) is 0 Å². The maximum atomic E-state index is 12.3. The molecule has 0 unspecified atom stereocenters. The second-order valence-electron chi connectivity index (χ2n) is 7.14. The smallest absolute Gasteiger partial charge is 0.347 e. The van der Waals surface area contributed by atoms with Crippen molar-refractivity contribution < 1.29 is 4.79 Å². The standard InChI is InChI=1S/C19H26N4O2S2/c1-12-10-14(3)23(18(25)20-12)9-8-17(24)22-15-4-6-16(7-5-15)27-19-21-13(2)11-26-19/h10-11,15-16H,4-9H2,1-3H3,(H,22,24). The zero-order chi connectivity index (χ0) is 19.4. The van der Waals surface area contributed by atoms with Crippen LogP contribution in [0.25, 0.3) is 0 Å². The Labute approximate surface area is 167 Å². The Morgan fingerprint density at radius 1 is 1.22 bits per heavy atom. The maximum absolute atomic E-state index is 12.3. The summed E-state index contributed by atoms with van der Waals surface area (Å²) in [7, 11) is 0. The summed E-state index contributed by atoms with van der Waals surface area (Å²) in [5.74, 6) is 0.00789. The lowest BCUT2D eigenvalue weighted by Gasteiger charge is -2.28. The molecule has 0 atom stereocenters. The molecule has 2 heterocycles. The Balaban J connectivity index is 1.42. The average Bonchev–Trinajstić information content (AvgIpc) is 3.00. The van der Waals surface area contributed by atoms with Crippen LogP contribution in [0.5, 0.6) is 0 Å². The van der Waals surface area contributed by atoms with Crippen molar-refractivity contribution in [3.63, 3.8) is 0 Å². The highest BCUT2D eigenvalue weighted by atomic mass is 32.2. The summed E-state index contributed by atoms with van der Waals surface area (Å²) in [5, 5.41) is 5.81. The second-order valence-corrected chi connectivity index (χ2v) is 9.54. The van der Waals surface area contributed by atoms with Crippen LogP contribution >= 0.6 is 23.1 Å². The molecule has 2 aromatic heterocycles. The van der Waals surface area contributed by atoms with Crippen molar-refractivity contribution in [2.45, 2.75) is 75.1 Å². The highest BCUT2D eigenvalue weighted by Gasteiger charge is 2.24. The third-order valence-electron chi connectivity index (χ3n) is 4.81. The van der Waals surface area contributed by atoms with E-state index < -0.39 is 0 Å². The van der Waals surface area contributed by atoms with Gasteiger partial charge in [-0.25, -0.2) is 9.78 Å². The van der Waals surface area contributed by atoms with Crippen LogP contribution < -0.4 is 11.0 Å². The largest absolute Gasteiger partial charge is 0.353 e. The van der Waals surface area contributed by atoms with Gasteiger partial charge in [-0.05, 0) is 52.5 Å². The van der Waals surface area contributed by atoms with Crippen molar-refractivity contribution >= 4 is 29.0 Å². The minimum Gasteiger partial charge on any atom is -0.353 e. The van der Waals surface area contributed by atoms with Crippen molar-refractivity contribution in [1.29, 1.82) is 0 Å². The van der Waals surface area contributed by atoms with Gasteiger partial charge in [0.25, 0.3) is 0 Å². The minimum atomic E-state index is -0.282. The molecule has 1 amide bonds. The van der Waals surface area contributed by atoms with E-state index in [0.29, 0.717) is 23.9 Å². The normalized spacial score (nSPS) is 19.8. The SMILES string of the molecule is Cc1csc(SC2CCC(NC(=O)CCn3c(C)cc(C)nc3=O)CC2)n1. The third-order valence-corrected chi connectivity index (χ3v) is 7.24. The highest BCUT2D eigenvalue weighted by Crippen LogP contribution is 2.35. The van der Waals surface area contributed by atoms with Gasteiger partial charge in [0.05, 0.1) is 0 Å². The quantitative estimate of drug-likeness (QED) is 0.797. The first-order chi connectivity index (χ1) is 12.9. The molecule has 0 aliphatic heterocycles. The van der Waals surface area contributed by atoms with E-state index in [0.717, 1.165) is 41.4 Å². The highest BCUT2D eigenvalue weighted by molar-refractivity contribution is 8.01. The Hall–Kier alpha value is -1.67. The van der Waals surface area contributed by atoms with Crippen LogP contribution in [0.15, 0.2) is 20.6 Å². The predicted molar refractivity (Wildman–Crippen MR) is 109 cm³/mol. The fraction of sp³-hybridized carbons (Fsp3) is 0.579. The van der Waals surface area contributed by atoms with Crippen LogP contribution in [0.1, 0.15) is 49.2 Å². The Bertz CT molecular complexity index is 854. The number of carbonyl (C=O) groups is 1. The van der Waals surface area contributed by atoms with Gasteiger partial charge in [0.2, 0.25) is 5.91 Å². The van der Waals surface area contributed by atoms with Crippen LogP contribution in [0.3, 0.4) is 0 Å².